The molecule has 3 aliphatic rings. The van der Waals surface area contributed by atoms with Crippen LogP contribution in [0.1, 0.15) is 61.3 Å². The maximum absolute atomic E-state index is 14.3. The Bertz CT molecular complexity index is 1300. The molecule has 2 saturated heterocycles. The Balaban J connectivity index is 1.37. The first kappa shape index (κ1) is 25.7. The van der Waals surface area contributed by atoms with Gasteiger partial charge in [0.15, 0.2) is 6.29 Å². The topological polar surface area (TPSA) is 109 Å². The highest BCUT2D eigenvalue weighted by Crippen LogP contribution is 2.49. The van der Waals surface area contributed by atoms with E-state index in [0.29, 0.717) is 36.3 Å². The largest absolute Gasteiger partial charge is 0.352 e. The van der Waals surface area contributed by atoms with E-state index in [1.54, 1.807) is 29.6 Å². The van der Waals surface area contributed by atoms with Gasteiger partial charge in [-0.25, -0.2) is 4.98 Å². The summed E-state index contributed by atoms with van der Waals surface area (Å²) in [5.41, 5.74) is 2.56. The molecule has 2 aromatic heterocycles. The zero-order valence-corrected chi connectivity index (χ0v) is 22.5. The zero-order chi connectivity index (χ0) is 27.1. The molecule has 204 valence electrons. The number of nitrogens with one attached hydrogen (secondary N) is 2. The summed E-state index contributed by atoms with van der Waals surface area (Å²) in [6, 6.07) is 10.5. The first-order chi connectivity index (χ1) is 18.8. The number of carbonyl (C=O) groups excluding carboxylic acids is 2. The maximum Gasteiger partial charge on any atom is 0.279 e. The number of benzene rings is 1. The van der Waals surface area contributed by atoms with Crippen molar-refractivity contribution in [2.75, 3.05) is 18.1 Å². The Kier molecular flexibility index (Phi) is 6.72. The number of pyridine rings is 1. The summed E-state index contributed by atoms with van der Waals surface area (Å²) in [5, 5.41) is 3.35. The van der Waals surface area contributed by atoms with E-state index in [1.807, 2.05) is 30.3 Å². The van der Waals surface area contributed by atoms with E-state index in [9.17, 15) is 9.59 Å². The normalized spacial score (nSPS) is 26.6. The van der Waals surface area contributed by atoms with Gasteiger partial charge in [0.25, 0.3) is 5.91 Å². The van der Waals surface area contributed by atoms with Crippen LogP contribution in [0, 0.1) is 17.8 Å². The van der Waals surface area contributed by atoms with Gasteiger partial charge >= 0.3 is 0 Å². The van der Waals surface area contributed by atoms with E-state index in [1.165, 1.54) is 6.33 Å². The highest BCUT2D eigenvalue weighted by Gasteiger charge is 2.54. The number of amides is 2. The summed E-state index contributed by atoms with van der Waals surface area (Å²) in [5.74, 6) is 0.352. The van der Waals surface area contributed by atoms with Crippen molar-refractivity contribution in [3.8, 4) is 0 Å². The number of ether oxygens (including phenoxy) is 2. The second-order valence-corrected chi connectivity index (χ2v) is 11.8. The predicted molar refractivity (Wildman–Crippen MR) is 145 cm³/mol. The van der Waals surface area contributed by atoms with Crippen LogP contribution in [0.4, 0.5) is 5.69 Å². The highest BCUT2D eigenvalue weighted by molar-refractivity contribution is 6.09. The Morgan fingerprint density at radius 1 is 1.15 bits per heavy atom. The molecule has 9 heteroatoms. The molecule has 39 heavy (non-hydrogen) atoms. The minimum atomic E-state index is -0.935. The van der Waals surface area contributed by atoms with Crippen LogP contribution in [-0.4, -0.2) is 52.3 Å². The quantitative estimate of drug-likeness (QED) is 0.500. The molecule has 0 radical (unpaired) electrons. The maximum atomic E-state index is 14.3. The third-order valence-corrected chi connectivity index (χ3v) is 8.42. The van der Waals surface area contributed by atoms with E-state index in [2.05, 4.69) is 41.0 Å². The smallest absolute Gasteiger partial charge is 0.279 e. The van der Waals surface area contributed by atoms with E-state index >= 15 is 0 Å². The van der Waals surface area contributed by atoms with Crippen LogP contribution in [-0.2, 0) is 19.7 Å². The molecule has 0 spiro atoms. The number of H-pyrrole nitrogens is 1. The molecule has 2 amide bonds. The summed E-state index contributed by atoms with van der Waals surface area (Å²) in [4.78, 5) is 41.2. The zero-order valence-electron chi connectivity index (χ0n) is 22.5. The number of imidazole rings is 1. The fourth-order valence-corrected chi connectivity index (χ4v) is 6.47. The standard InChI is InChI=1S/C30H35N5O4/c1-30(2,3)20-6-8-21(9-7-20)35(28(37)24-15-32-17-33-24)26(18-5-4-11-31-14-18)27(36)34-23-13-19-16-39-29-25(19)22(23)10-12-38-29/h4-9,11,14-15,17,19,22-23,25-26,29H,10,12-13,16H2,1-3H3,(H,32,33)(H,34,36)/t19?,22-,23?,25+,26?,29+/m0/s1. The molecule has 6 atom stereocenters. The SMILES string of the molecule is CC(C)(C)c1ccc(N(C(=O)c2c[nH]cn2)C(C(=O)NC2CC3CO[C@H]4OCC[C@@H]2[C@@H]34)c2cccnc2)cc1. The number of hydrogen-bond donors (Lipinski definition) is 2. The summed E-state index contributed by atoms with van der Waals surface area (Å²) < 4.78 is 11.7. The van der Waals surface area contributed by atoms with Gasteiger partial charge in [-0.2, -0.15) is 0 Å². The minimum absolute atomic E-state index is 0.00688. The van der Waals surface area contributed by atoms with Gasteiger partial charge in [0, 0.05) is 41.8 Å². The van der Waals surface area contributed by atoms with Crippen molar-refractivity contribution in [3.05, 3.63) is 78.1 Å². The molecule has 2 N–H and O–H groups in total. The van der Waals surface area contributed by atoms with Crippen molar-refractivity contribution in [1.82, 2.24) is 20.3 Å². The molecule has 3 aromatic rings. The van der Waals surface area contributed by atoms with Crippen LogP contribution < -0.4 is 10.2 Å². The summed E-state index contributed by atoms with van der Waals surface area (Å²) in [7, 11) is 0. The summed E-state index contributed by atoms with van der Waals surface area (Å²) in [6.07, 6.45) is 7.88. The molecule has 1 saturated carbocycles. The molecule has 2 aliphatic heterocycles. The highest BCUT2D eigenvalue weighted by atomic mass is 16.7. The van der Waals surface area contributed by atoms with E-state index in [0.717, 1.165) is 18.4 Å². The fraction of sp³-hybridized carbons (Fsp3) is 0.467. The van der Waals surface area contributed by atoms with Crippen molar-refractivity contribution in [3.63, 3.8) is 0 Å². The van der Waals surface area contributed by atoms with Crippen LogP contribution >= 0.6 is 0 Å². The van der Waals surface area contributed by atoms with Crippen molar-refractivity contribution < 1.29 is 19.1 Å². The molecule has 0 bridgehead atoms. The molecule has 6 rings (SSSR count). The molecule has 1 aromatic carbocycles. The summed E-state index contributed by atoms with van der Waals surface area (Å²) in [6.45, 7) is 7.71. The predicted octanol–water partition coefficient (Wildman–Crippen LogP) is 4.00. The van der Waals surface area contributed by atoms with E-state index in [4.69, 9.17) is 9.47 Å². The molecule has 3 unspecified atom stereocenters. The lowest BCUT2D eigenvalue weighted by Crippen LogP contribution is -2.49. The molecular weight excluding hydrogens is 494 g/mol. The van der Waals surface area contributed by atoms with E-state index in [-0.39, 0.29) is 41.2 Å². The Hall–Kier alpha value is -3.56. The second kappa shape index (κ2) is 10.2. The van der Waals surface area contributed by atoms with Gasteiger partial charge in [-0.3, -0.25) is 19.5 Å². The lowest BCUT2D eigenvalue weighted by Gasteiger charge is -2.35. The molecule has 4 heterocycles. The Morgan fingerprint density at radius 2 is 1.97 bits per heavy atom. The molecule has 1 aliphatic carbocycles. The first-order valence-electron chi connectivity index (χ1n) is 13.7. The van der Waals surface area contributed by atoms with Crippen molar-refractivity contribution in [2.24, 2.45) is 17.8 Å². The number of anilines is 1. The summed E-state index contributed by atoms with van der Waals surface area (Å²) >= 11 is 0. The molecule has 3 fully saturated rings. The number of nitrogens with zero attached hydrogens (tertiary/aromatic N) is 3. The molecular formula is C30H35N5O4. The van der Waals surface area contributed by atoms with Crippen LogP contribution in [0.25, 0.3) is 0 Å². The Morgan fingerprint density at radius 3 is 2.67 bits per heavy atom. The van der Waals surface area contributed by atoms with Crippen molar-refractivity contribution in [1.29, 1.82) is 0 Å². The second-order valence-electron chi connectivity index (χ2n) is 11.8. The number of carbonyl (C=O) groups is 2. The third kappa shape index (κ3) is 4.85. The number of rotatable bonds is 6. The van der Waals surface area contributed by atoms with Gasteiger partial charge in [0.05, 0.1) is 19.5 Å². The molecule has 9 nitrogen and oxygen atoms in total. The Labute approximate surface area is 228 Å². The van der Waals surface area contributed by atoms with Gasteiger partial charge in [0.2, 0.25) is 5.91 Å². The van der Waals surface area contributed by atoms with Gasteiger partial charge in [0.1, 0.15) is 11.7 Å². The van der Waals surface area contributed by atoms with E-state index < -0.39 is 6.04 Å². The van der Waals surface area contributed by atoms with Gasteiger partial charge < -0.3 is 19.8 Å². The number of aromatic nitrogens is 3. The van der Waals surface area contributed by atoms with Crippen LogP contribution in [0.15, 0.2) is 61.3 Å². The lowest BCUT2D eigenvalue weighted by molar-refractivity contribution is -0.167. The minimum Gasteiger partial charge on any atom is -0.352 e. The van der Waals surface area contributed by atoms with Crippen molar-refractivity contribution in [2.45, 2.75) is 57.4 Å². The fourth-order valence-electron chi connectivity index (χ4n) is 6.47. The first-order valence-corrected chi connectivity index (χ1v) is 13.7. The number of hydrogen-bond acceptors (Lipinski definition) is 6. The number of aromatic amines is 1. The van der Waals surface area contributed by atoms with Gasteiger partial charge in [-0.05, 0) is 53.9 Å². The van der Waals surface area contributed by atoms with Crippen LogP contribution in [0.3, 0.4) is 0 Å². The van der Waals surface area contributed by atoms with Gasteiger partial charge in [-0.15, -0.1) is 0 Å². The monoisotopic (exact) mass is 529 g/mol. The lowest BCUT2D eigenvalue weighted by atomic mass is 9.86. The average molecular weight is 530 g/mol. The van der Waals surface area contributed by atoms with Gasteiger partial charge in [-0.1, -0.05) is 39.0 Å². The van der Waals surface area contributed by atoms with Crippen LogP contribution in [0.5, 0.6) is 0 Å². The average Bonchev–Trinajstić information content (AvgIpc) is 3.69. The van der Waals surface area contributed by atoms with Crippen LogP contribution in [0.2, 0.25) is 0 Å². The third-order valence-electron chi connectivity index (χ3n) is 8.42. The van der Waals surface area contributed by atoms with Crippen molar-refractivity contribution >= 4 is 17.5 Å².